The summed E-state index contributed by atoms with van der Waals surface area (Å²) < 4.78 is 5.65. The Kier molecular flexibility index (Phi) is 11.1. The number of halogens is 2. The molecule has 1 rings (SSSR count). The molecule has 0 saturated carbocycles. The SMILES string of the molecule is CNCCCC(=O)NCCCOc1ccc(Cl)cc1C.Cl. The fraction of sp³-hybridized carbons (Fsp3) is 0.533. The molecule has 0 aliphatic rings. The molecule has 0 aliphatic carbocycles. The molecule has 120 valence electrons. The second-order valence-electron chi connectivity index (χ2n) is 4.67. The number of carbonyl (C=O) groups excluding carboxylic acids is 1. The Morgan fingerprint density at radius 2 is 2.05 bits per heavy atom. The van der Waals surface area contributed by atoms with Crippen molar-refractivity contribution in [2.45, 2.75) is 26.2 Å². The maximum Gasteiger partial charge on any atom is 0.220 e. The van der Waals surface area contributed by atoms with Crippen LogP contribution in [-0.2, 0) is 4.79 Å². The summed E-state index contributed by atoms with van der Waals surface area (Å²) in [6.45, 7) is 4.06. The summed E-state index contributed by atoms with van der Waals surface area (Å²) in [4.78, 5) is 11.4. The molecule has 0 bridgehead atoms. The quantitative estimate of drug-likeness (QED) is 0.682. The second kappa shape index (κ2) is 11.7. The summed E-state index contributed by atoms with van der Waals surface area (Å²) in [5.74, 6) is 0.942. The first-order valence-corrected chi connectivity index (χ1v) is 7.31. The number of nitrogens with one attached hydrogen (secondary N) is 2. The number of aryl methyl sites for hydroxylation is 1. The summed E-state index contributed by atoms with van der Waals surface area (Å²) in [6, 6.07) is 5.56. The zero-order valence-electron chi connectivity index (χ0n) is 12.6. The minimum Gasteiger partial charge on any atom is -0.493 e. The molecule has 21 heavy (non-hydrogen) atoms. The van der Waals surface area contributed by atoms with E-state index in [-0.39, 0.29) is 18.3 Å². The predicted molar refractivity (Wildman–Crippen MR) is 89.7 cm³/mol. The molecule has 6 heteroatoms. The molecule has 0 heterocycles. The molecule has 4 nitrogen and oxygen atoms in total. The van der Waals surface area contributed by atoms with Crippen molar-refractivity contribution < 1.29 is 9.53 Å². The second-order valence-corrected chi connectivity index (χ2v) is 5.11. The summed E-state index contributed by atoms with van der Waals surface area (Å²) in [5, 5.41) is 6.61. The summed E-state index contributed by atoms with van der Waals surface area (Å²) >= 11 is 5.88. The van der Waals surface area contributed by atoms with Crippen molar-refractivity contribution in [1.82, 2.24) is 10.6 Å². The first-order valence-electron chi connectivity index (χ1n) is 6.93. The van der Waals surface area contributed by atoms with Gasteiger partial charge in [0.05, 0.1) is 6.61 Å². The molecule has 0 atom stereocenters. The van der Waals surface area contributed by atoms with Crippen molar-refractivity contribution in [1.29, 1.82) is 0 Å². The van der Waals surface area contributed by atoms with Crippen molar-refractivity contribution in [3.05, 3.63) is 28.8 Å². The Balaban J connectivity index is 0.00000400. The normalized spacial score (nSPS) is 9.86. The van der Waals surface area contributed by atoms with Crippen molar-refractivity contribution in [3.63, 3.8) is 0 Å². The molecule has 2 N–H and O–H groups in total. The molecule has 1 amide bonds. The third-order valence-electron chi connectivity index (χ3n) is 2.87. The van der Waals surface area contributed by atoms with Crippen molar-refractivity contribution in [2.24, 2.45) is 0 Å². The smallest absolute Gasteiger partial charge is 0.220 e. The summed E-state index contributed by atoms with van der Waals surface area (Å²) in [7, 11) is 1.88. The van der Waals surface area contributed by atoms with Crippen LogP contribution >= 0.6 is 24.0 Å². The highest BCUT2D eigenvalue weighted by molar-refractivity contribution is 6.30. The molecule has 1 aromatic rings. The van der Waals surface area contributed by atoms with Crippen LogP contribution < -0.4 is 15.4 Å². The summed E-state index contributed by atoms with van der Waals surface area (Å²) in [5.41, 5.74) is 1.02. The lowest BCUT2D eigenvalue weighted by Gasteiger charge is -2.10. The van der Waals surface area contributed by atoms with Gasteiger partial charge in [0.2, 0.25) is 5.91 Å². The van der Waals surface area contributed by atoms with Gasteiger partial charge in [-0.05, 0) is 57.1 Å². The van der Waals surface area contributed by atoms with E-state index in [2.05, 4.69) is 10.6 Å². The fourth-order valence-corrected chi connectivity index (χ4v) is 2.00. The Labute approximate surface area is 138 Å². The lowest BCUT2D eigenvalue weighted by molar-refractivity contribution is -0.121. The fourth-order valence-electron chi connectivity index (χ4n) is 1.77. The van der Waals surface area contributed by atoms with Crippen LogP contribution in [-0.4, -0.2) is 32.7 Å². The van der Waals surface area contributed by atoms with E-state index in [0.717, 1.165) is 30.7 Å². The largest absolute Gasteiger partial charge is 0.493 e. The van der Waals surface area contributed by atoms with E-state index in [0.29, 0.717) is 24.6 Å². The molecule has 0 spiro atoms. The Hall–Kier alpha value is -0.970. The number of hydrogen-bond acceptors (Lipinski definition) is 3. The molecular formula is C15H24Cl2N2O2. The molecule has 0 unspecified atom stereocenters. The van der Waals surface area contributed by atoms with Crippen LogP contribution in [0, 0.1) is 6.92 Å². The van der Waals surface area contributed by atoms with Crippen LogP contribution in [0.5, 0.6) is 5.75 Å². The molecule has 0 fully saturated rings. The molecule has 0 aromatic heterocycles. The van der Waals surface area contributed by atoms with Gasteiger partial charge in [-0.25, -0.2) is 0 Å². The molecule has 0 saturated heterocycles. The van der Waals surface area contributed by atoms with Gasteiger partial charge in [-0.15, -0.1) is 12.4 Å². The minimum atomic E-state index is 0. The molecular weight excluding hydrogens is 311 g/mol. The van der Waals surface area contributed by atoms with Crippen LogP contribution in [0.3, 0.4) is 0 Å². The van der Waals surface area contributed by atoms with Gasteiger partial charge < -0.3 is 15.4 Å². The van der Waals surface area contributed by atoms with E-state index in [1.165, 1.54) is 0 Å². The number of benzene rings is 1. The Morgan fingerprint density at radius 3 is 2.71 bits per heavy atom. The predicted octanol–water partition coefficient (Wildman–Crippen LogP) is 2.95. The van der Waals surface area contributed by atoms with E-state index in [4.69, 9.17) is 16.3 Å². The van der Waals surface area contributed by atoms with Crippen LogP contribution in [0.1, 0.15) is 24.8 Å². The van der Waals surface area contributed by atoms with E-state index in [1.807, 2.05) is 32.2 Å². The highest BCUT2D eigenvalue weighted by Gasteiger charge is 2.02. The van der Waals surface area contributed by atoms with Gasteiger partial charge >= 0.3 is 0 Å². The van der Waals surface area contributed by atoms with E-state index >= 15 is 0 Å². The highest BCUT2D eigenvalue weighted by Crippen LogP contribution is 2.21. The third kappa shape index (κ3) is 8.81. The van der Waals surface area contributed by atoms with Gasteiger partial charge in [-0.1, -0.05) is 11.6 Å². The topological polar surface area (TPSA) is 50.4 Å². The lowest BCUT2D eigenvalue weighted by atomic mass is 10.2. The number of rotatable bonds is 9. The van der Waals surface area contributed by atoms with Crippen molar-refractivity contribution >= 4 is 29.9 Å². The van der Waals surface area contributed by atoms with Gasteiger partial charge in [-0.2, -0.15) is 0 Å². The monoisotopic (exact) mass is 334 g/mol. The zero-order valence-corrected chi connectivity index (χ0v) is 14.1. The first kappa shape index (κ1) is 20.0. The standard InChI is InChI=1S/C15H23ClN2O2.ClH/c1-12-11-13(16)6-7-14(12)20-10-4-9-18-15(19)5-3-8-17-2;/h6-7,11,17H,3-5,8-10H2,1-2H3,(H,18,19);1H. The van der Waals surface area contributed by atoms with Crippen molar-refractivity contribution in [2.75, 3.05) is 26.7 Å². The lowest BCUT2D eigenvalue weighted by Crippen LogP contribution is -2.26. The van der Waals surface area contributed by atoms with Crippen LogP contribution in [0.25, 0.3) is 0 Å². The number of hydrogen-bond donors (Lipinski definition) is 2. The Bertz CT molecular complexity index is 428. The number of ether oxygens (including phenoxy) is 1. The van der Waals surface area contributed by atoms with Crippen LogP contribution in [0.2, 0.25) is 5.02 Å². The molecule has 0 aliphatic heterocycles. The average molecular weight is 335 g/mol. The molecule has 0 radical (unpaired) electrons. The summed E-state index contributed by atoms with van der Waals surface area (Å²) in [6.07, 6.45) is 2.22. The average Bonchev–Trinajstić information content (AvgIpc) is 2.41. The van der Waals surface area contributed by atoms with Crippen LogP contribution in [0.4, 0.5) is 0 Å². The van der Waals surface area contributed by atoms with Gasteiger partial charge in [0, 0.05) is 18.0 Å². The Morgan fingerprint density at radius 1 is 1.29 bits per heavy atom. The first-order chi connectivity index (χ1) is 9.63. The highest BCUT2D eigenvalue weighted by atomic mass is 35.5. The van der Waals surface area contributed by atoms with Crippen molar-refractivity contribution in [3.8, 4) is 5.75 Å². The number of amides is 1. The molecule has 1 aromatic carbocycles. The maximum atomic E-state index is 11.4. The van der Waals surface area contributed by atoms with Gasteiger partial charge in [0.25, 0.3) is 0 Å². The van der Waals surface area contributed by atoms with Gasteiger partial charge in [-0.3, -0.25) is 4.79 Å². The number of carbonyl (C=O) groups is 1. The van der Waals surface area contributed by atoms with Gasteiger partial charge in [0.15, 0.2) is 0 Å². The van der Waals surface area contributed by atoms with E-state index < -0.39 is 0 Å². The van der Waals surface area contributed by atoms with Crippen LogP contribution in [0.15, 0.2) is 18.2 Å². The third-order valence-corrected chi connectivity index (χ3v) is 3.10. The van der Waals surface area contributed by atoms with E-state index in [9.17, 15) is 4.79 Å². The maximum absolute atomic E-state index is 11.4. The minimum absolute atomic E-state index is 0. The zero-order chi connectivity index (χ0) is 14.8. The van der Waals surface area contributed by atoms with E-state index in [1.54, 1.807) is 0 Å². The van der Waals surface area contributed by atoms with Gasteiger partial charge in [0.1, 0.15) is 5.75 Å².